The Balaban J connectivity index is 2.76. The van der Waals surface area contributed by atoms with E-state index < -0.39 is 6.09 Å². The Kier molecular flexibility index (Phi) is 4.98. The minimum Gasteiger partial charge on any atom is -0.453 e. The summed E-state index contributed by atoms with van der Waals surface area (Å²) in [6, 6.07) is 7.28. The Morgan fingerprint density at radius 1 is 1.28 bits per heavy atom. The molecule has 1 amide bonds. The number of carbonyl (C=O) groups excluding carboxylic acids is 1. The summed E-state index contributed by atoms with van der Waals surface area (Å²) in [6.07, 6.45) is -0.492. The summed E-state index contributed by atoms with van der Waals surface area (Å²) >= 11 is 0. The monoisotopic (exact) mass is 251 g/mol. The molecule has 1 N–H and O–H groups in total. The van der Waals surface area contributed by atoms with Crippen LogP contribution in [0.5, 0.6) is 0 Å². The number of ether oxygens (including phenoxy) is 1. The van der Waals surface area contributed by atoms with E-state index in [9.17, 15) is 4.79 Å². The number of hydrogen-bond donors (Lipinski definition) is 1. The minimum absolute atomic E-state index is 0.492. The van der Waals surface area contributed by atoms with Gasteiger partial charge in [0.15, 0.2) is 0 Å². The van der Waals surface area contributed by atoms with Crippen molar-refractivity contribution < 1.29 is 14.4 Å². The van der Waals surface area contributed by atoms with E-state index >= 15 is 0 Å². The van der Waals surface area contributed by atoms with Crippen LogP contribution in [0.4, 0.5) is 16.2 Å². The van der Waals surface area contributed by atoms with E-state index in [0.29, 0.717) is 5.69 Å². The Morgan fingerprint density at radius 2 is 1.89 bits per heavy atom. The van der Waals surface area contributed by atoms with E-state index in [2.05, 4.69) is 15.2 Å². The smallest absolute Gasteiger partial charge is 0.411 e. The number of carbonyl (C=O) groups is 1. The van der Waals surface area contributed by atoms with Crippen molar-refractivity contribution >= 4 is 23.3 Å². The van der Waals surface area contributed by atoms with Crippen LogP contribution in [0, 0.1) is 0 Å². The third kappa shape index (κ3) is 3.65. The molecule has 0 aliphatic carbocycles. The molecule has 0 radical (unpaired) electrons. The number of methoxy groups -OCH3 is 1. The predicted octanol–water partition coefficient (Wildman–Crippen LogP) is 2.28. The standard InChI is InChI=1S/C12H17N3O3/c1-9(14-18-4)15(2)11-7-5-10(6-8-11)13-12(16)17-3/h5-8H,1-4H3,(H,13,16). The van der Waals surface area contributed by atoms with Gasteiger partial charge in [0.25, 0.3) is 0 Å². The average Bonchev–Trinajstić information content (AvgIpc) is 2.39. The molecule has 0 bridgehead atoms. The lowest BCUT2D eigenvalue weighted by Crippen LogP contribution is -2.23. The van der Waals surface area contributed by atoms with Crippen molar-refractivity contribution in [2.24, 2.45) is 5.16 Å². The van der Waals surface area contributed by atoms with Crippen LogP contribution >= 0.6 is 0 Å². The Morgan fingerprint density at radius 3 is 2.39 bits per heavy atom. The first kappa shape index (κ1) is 13.8. The number of benzene rings is 1. The lowest BCUT2D eigenvalue weighted by Gasteiger charge is -2.18. The molecular formula is C12H17N3O3. The molecule has 1 aromatic rings. The maximum Gasteiger partial charge on any atom is 0.411 e. The highest BCUT2D eigenvalue weighted by molar-refractivity contribution is 5.95. The first-order valence-electron chi connectivity index (χ1n) is 5.35. The zero-order chi connectivity index (χ0) is 13.5. The highest BCUT2D eigenvalue weighted by Gasteiger charge is 2.05. The minimum atomic E-state index is -0.492. The molecule has 18 heavy (non-hydrogen) atoms. The molecule has 0 spiro atoms. The molecule has 0 aliphatic heterocycles. The quantitative estimate of drug-likeness (QED) is 0.508. The van der Waals surface area contributed by atoms with Gasteiger partial charge >= 0.3 is 6.09 Å². The Bertz CT molecular complexity index is 429. The molecule has 0 unspecified atom stereocenters. The molecular weight excluding hydrogens is 234 g/mol. The summed E-state index contributed by atoms with van der Waals surface area (Å²) in [5.74, 6) is 0.728. The molecule has 6 heteroatoms. The van der Waals surface area contributed by atoms with E-state index in [1.165, 1.54) is 14.2 Å². The number of hydrogen-bond acceptors (Lipinski definition) is 4. The summed E-state index contributed by atoms with van der Waals surface area (Å²) in [7, 11) is 4.70. The van der Waals surface area contributed by atoms with Gasteiger partial charge in [-0.15, -0.1) is 0 Å². The molecule has 1 aromatic carbocycles. The molecule has 6 nitrogen and oxygen atoms in total. The maximum atomic E-state index is 11.0. The fraction of sp³-hybridized carbons (Fsp3) is 0.333. The van der Waals surface area contributed by atoms with Crippen molar-refractivity contribution in [2.75, 3.05) is 31.5 Å². The van der Waals surface area contributed by atoms with Gasteiger partial charge in [0, 0.05) is 18.4 Å². The van der Waals surface area contributed by atoms with Crippen molar-refractivity contribution in [2.45, 2.75) is 6.92 Å². The molecule has 0 aliphatic rings. The first-order valence-corrected chi connectivity index (χ1v) is 5.35. The summed E-state index contributed by atoms with van der Waals surface area (Å²) in [6.45, 7) is 1.84. The normalized spacial score (nSPS) is 10.8. The van der Waals surface area contributed by atoms with Gasteiger partial charge in [-0.2, -0.15) is 0 Å². The van der Waals surface area contributed by atoms with Gasteiger partial charge in [-0.25, -0.2) is 4.79 Å². The second-order valence-electron chi connectivity index (χ2n) is 3.54. The van der Waals surface area contributed by atoms with Crippen LogP contribution in [-0.2, 0) is 9.57 Å². The van der Waals surface area contributed by atoms with Crippen molar-refractivity contribution in [1.29, 1.82) is 0 Å². The summed E-state index contributed by atoms with van der Waals surface area (Å²) in [5, 5.41) is 6.42. The highest BCUT2D eigenvalue weighted by Crippen LogP contribution is 2.17. The number of nitrogens with one attached hydrogen (secondary N) is 1. The van der Waals surface area contributed by atoms with Gasteiger partial charge in [0.1, 0.15) is 12.9 Å². The lowest BCUT2D eigenvalue weighted by molar-refractivity contribution is 0.187. The first-order chi connectivity index (χ1) is 8.58. The van der Waals surface area contributed by atoms with Gasteiger partial charge < -0.3 is 14.5 Å². The van der Waals surface area contributed by atoms with E-state index in [0.717, 1.165) is 11.5 Å². The number of nitrogens with zero attached hydrogens (tertiary/aromatic N) is 2. The molecule has 98 valence electrons. The van der Waals surface area contributed by atoms with Crippen LogP contribution in [0.25, 0.3) is 0 Å². The fourth-order valence-corrected chi connectivity index (χ4v) is 1.32. The second kappa shape index (κ2) is 6.48. The van der Waals surface area contributed by atoms with Gasteiger partial charge in [0.2, 0.25) is 0 Å². The van der Waals surface area contributed by atoms with Crippen molar-refractivity contribution in [3.05, 3.63) is 24.3 Å². The molecule has 0 heterocycles. The largest absolute Gasteiger partial charge is 0.453 e. The van der Waals surface area contributed by atoms with Crippen LogP contribution in [0.2, 0.25) is 0 Å². The van der Waals surface area contributed by atoms with E-state index in [-0.39, 0.29) is 0 Å². The van der Waals surface area contributed by atoms with Crippen molar-refractivity contribution in [1.82, 2.24) is 0 Å². The van der Waals surface area contributed by atoms with Crippen LogP contribution < -0.4 is 10.2 Å². The van der Waals surface area contributed by atoms with Crippen molar-refractivity contribution in [3.63, 3.8) is 0 Å². The summed E-state index contributed by atoms with van der Waals surface area (Å²) in [4.78, 5) is 17.6. The number of oxime groups is 1. The van der Waals surface area contributed by atoms with Crippen molar-refractivity contribution in [3.8, 4) is 0 Å². The van der Waals surface area contributed by atoms with Gasteiger partial charge in [-0.05, 0) is 31.2 Å². The van der Waals surface area contributed by atoms with Crippen LogP contribution in [0.3, 0.4) is 0 Å². The molecule has 1 rings (SSSR count). The fourth-order valence-electron chi connectivity index (χ4n) is 1.32. The van der Waals surface area contributed by atoms with E-state index in [1.54, 1.807) is 12.1 Å². The predicted molar refractivity (Wildman–Crippen MR) is 71.0 cm³/mol. The second-order valence-corrected chi connectivity index (χ2v) is 3.54. The Hall–Kier alpha value is -2.24. The summed E-state index contributed by atoms with van der Waals surface area (Å²) < 4.78 is 4.51. The number of amides is 1. The van der Waals surface area contributed by atoms with Gasteiger partial charge in [-0.1, -0.05) is 5.16 Å². The Labute approximate surface area is 106 Å². The number of anilines is 2. The van der Waals surface area contributed by atoms with E-state index in [4.69, 9.17) is 4.84 Å². The SMILES string of the molecule is CON=C(C)N(C)c1ccc(NC(=O)OC)cc1. The molecule has 0 atom stereocenters. The third-order valence-corrected chi connectivity index (χ3v) is 2.40. The summed E-state index contributed by atoms with van der Waals surface area (Å²) in [5.41, 5.74) is 1.60. The topological polar surface area (TPSA) is 63.2 Å². The maximum absolute atomic E-state index is 11.0. The average molecular weight is 251 g/mol. The zero-order valence-corrected chi connectivity index (χ0v) is 10.9. The molecule has 0 fully saturated rings. The van der Waals surface area contributed by atoms with Crippen LogP contribution in [0.15, 0.2) is 29.4 Å². The number of amidine groups is 1. The number of rotatable bonds is 3. The third-order valence-electron chi connectivity index (χ3n) is 2.40. The van der Waals surface area contributed by atoms with Gasteiger partial charge in [0.05, 0.1) is 7.11 Å². The molecule has 0 aromatic heterocycles. The van der Waals surface area contributed by atoms with Gasteiger partial charge in [-0.3, -0.25) is 5.32 Å². The van der Waals surface area contributed by atoms with E-state index in [1.807, 2.05) is 31.0 Å². The zero-order valence-electron chi connectivity index (χ0n) is 10.9. The lowest BCUT2D eigenvalue weighted by atomic mass is 10.2. The van der Waals surface area contributed by atoms with Crippen LogP contribution in [-0.4, -0.2) is 33.2 Å². The highest BCUT2D eigenvalue weighted by atomic mass is 16.6. The molecule has 0 saturated carbocycles. The molecule has 0 saturated heterocycles. The van der Waals surface area contributed by atoms with Crippen LogP contribution in [0.1, 0.15) is 6.92 Å².